The van der Waals surface area contributed by atoms with Gasteiger partial charge in [0, 0.05) is 11.3 Å². The number of carbonyl (C=O) groups excluding carboxylic acids is 1. The predicted octanol–water partition coefficient (Wildman–Crippen LogP) is 3.56. The molecule has 3 rings (SSSR count). The third-order valence-electron chi connectivity index (χ3n) is 4.46. The summed E-state index contributed by atoms with van der Waals surface area (Å²) in [4.78, 5) is 12.7. The minimum atomic E-state index is -0.131. The van der Waals surface area contributed by atoms with Crippen LogP contribution in [0, 0.1) is 5.92 Å². The fraction of sp³-hybridized carbons (Fsp3) is 0.278. The van der Waals surface area contributed by atoms with E-state index in [1.807, 2.05) is 18.2 Å². The topological polar surface area (TPSA) is 46.5 Å². The molecule has 0 amide bonds. The van der Waals surface area contributed by atoms with Crippen LogP contribution >= 0.6 is 0 Å². The van der Waals surface area contributed by atoms with Crippen LogP contribution in [-0.4, -0.2) is 18.0 Å². The first kappa shape index (κ1) is 13.7. The molecule has 0 heterocycles. The molecular formula is C18H18O3. The maximum atomic E-state index is 12.7. The van der Waals surface area contributed by atoms with E-state index in [9.17, 15) is 9.90 Å². The Morgan fingerprint density at radius 1 is 1.24 bits per heavy atom. The SMILES string of the molecule is COc1ccc(O)c(C(=O)[C@H]2C[C@]2(C)c2ccccc2)c1. The van der Waals surface area contributed by atoms with E-state index in [4.69, 9.17) is 4.74 Å². The Balaban J connectivity index is 1.88. The largest absolute Gasteiger partial charge is 0.507 e. The zero-order valence-corrected chi connectivity index (χ0v) is 12.2. The smallest absolute Gasteiger partial charge is 0.170 e. The number of phenols is 1. The molecule has 1 saturated carbocycles. The molecule has 1 aliphatic rings. The van der Waals surface area contributed by atoms with Crippen molar-refractivity contribution in [3.63, 3.8) is 0 Å². The molecule has 0 aromatic heterocycles. The van der Waals surface area contributed by atoms with Gasteiger partial charge in [0.15, 0.2) is 5.78 Å². The van der Waals surface area contributed by atoms with Crippen LogP contribution < -0.4 is 4.74 Å². The molecule has 3 heteroatoms. The number of ether oxygens (including phenoxy) is 1. The highest BCUT2D eigenvalue weighted by molar-refractivity contribution is 6.03. The average molecular weight is 282 g/mol. The third-order valence-corrected chi connectivity index (χ3v) is 4.46. The van der Waals surface area contributed by atoms with Crippen LogP contribution in [0.4, 0.5) is 0 Å². The van der Waals surface area contributed by atoms with Crippen molar-refractivity contribution in [1.29, 1.82) is 0 Å². The van der Waals surface area contributed by atoms with Crippen molar-refractivity contribution in [3.8, 4) is 11.5 Å². The van der Waals surface area contributed by atoms with Gasteiger partial charge in [0.2, 0.25) is 0 Å². The van der Waals surface area contributed by atoms with Crippen LogP contribution in [0.15, 0.2) is 48.5 Å². The molecule has 1 N–H and O–H groups in total. The lowest BCUT2D eigenvalue weighted by atomic mass is 9.92. The molecular weight excluding hydrogens is 264 g/mol. The summed E-state index contributed by atoms with van der Waals surface area (Å²) in [7, 11) is 1.55. The summed E-state index contributed by atoms with van der Waals surface area (Å²) in [6.45, 7) is 2.10. The first-order chi connectivity index (χ1) is 10.1. The van der Waals surface area contributed by atoms with Crippen molar-refractivity contribution in [2.75, 3.05) is 7.11 Å². The van der Waals surface area contributed by atoms with Crippen molar-refractivity contribution < 1.29 is 14.6 Å². The molecule has 21 heavy (non-hydrogen) atoms. The van der Waals surface area contributed by atoms with Crippen LogP contribution in [0.1, 0.15) is 29.3 Å². The zero-order chi connectivity index (χ0) is 15.0. The fourth-order valence-electron chi connectivity index (χ4n) is 2.91. The van der Waals surface area contributed by atoms with E-state index in [-0.39, 0.29) is 22.9 Å². The fourth-order valence-corrected chi connectivity index (χ4v) is 2.91. The number of benzene rings is 2. The summed E-state index contributed by atoms with van der Waals surface area (Å²) >= 11 is 0. The van der Waals surface area contributed by atoms with E-state index in [0.717, 1.165) is 6.42 Å². The van der Waals surface area contributed by atoms with Gasteiger partial charge < -0.3 is 9.84 Å². The summed E-state index contributed by atoms with van der Waals surface area (Å²) in [6, 6.07) is 14.8. The van der Waals surface area contributed by atoms with Gasteiger partial charge in [-0.05, 0) is 30.2 Å². The molecule has 0 radical (unpaired) electrons. The Kier molecular flexibility index (Phi) is 3.20. The Bertz CT molecular complexity index is 678. The second kappa shape index (κ2) is 4.92. The van der Waals surface area contributed by atoms with Gasteiger partial charge in [0.25, 0.3) is 0 Å². The summed E-state index contributed by atoms with van der Waals surface area (Å²) in [6.07, 6.45) is 0.812. The minimum Gasteiger partial charge on any atom is -0.507 e. The monoisotopic (exact) mass is 282 g/mol. The van der Waals surface area contributed by atoms with Crippen LogP contribution in [0.5, 0.6) is 11.5 Å². The van der Waals surface area contributed by atoms with E-state index < -0.39 is 0 Å². The molecule has 1 aliphatic carbocycles. The van der Waals surface area contributed by atoms with Crippen molar-refractivity contribution in [2.45, 2.75) is 18.8 Å². The maximum Gasteiger partial charge on any atom is 0.170 e. The van der Waals surface area contributed by atoms with Gasteiger partial charge in [0.05, 0.1) is 12.7 Å². The van der Waals surface area contributed by atoms with Gasteiger partial charge >= 0.3 is 0 Å². The molecule has 2 aromatic carbocycles. The van der Waals surface area contributed by atoms with E-state index in [1.165, 1.54) is 11.6 Å². The molecule has 108 valence electrons. The average Bonchev–Trinajstić information content (AvgIpc) is 3.21. The maximum absolute atomic E-state index is 12.7. The van der Waals surface area contributed by atoms with Gasteiger partial charge in [0.1, 0.15) is 11.5 Å². The predicted molar refractivity (Wildman–Crippen MR) is 80.9 cm³/mol. The van der Waals surface area contributed by atoms with E-state index in [0.29, 0.717) is 11.3 Å². The van der Waals surface area contributed by atoms with Crippen LogP contribution in [0.25, 0.3) is 0 Å². The highest BCUT2D eigenvalue weighted by Crippen LogP contribution is 2.55. The molecule has 0 saturated heterocycles. The Hall–Kier alpha value is -2.29. The molecule has 0 spiro atoms. The number of aromatic hydroxyl groups is 1. The molecule has 3 nitrogen and oxygen atoms in total. The second-order valence-electron chi connectivity index (χ2n) is 5.79. The molecule has 0 bridgehead atoms. The summed E-state index contributed by atoms with van der Waals surface area (Å²) in [5, 5.41) is 9.94. The number of hydrogen-bond donors (Lipinski definition) is 1. The molecule has 1 fully saturated rings. The lowest BCUT2D eigenvalue weighted by Crippen LogP contribution is -2.12. The Labute approximate surface area is 124 Å². The zero-order valence-electron chi connectivity index (χ0n) is 12.2. The third kappa shape index (κ3) is 2.29. The van der Waals surface area contributed by atoms with Crippen molar-refractivity contribution in [2.24, 2.45) is 5.92 Å². The normalized spacial score (nSPS) is 23.6. The first-order valence-electron chi connectivity index (χ1n) is 7.03. The highest BCUT2D eigenvalue weighted by Gasteiger charge is 2.55. The molecule has 0 unspecified atom stereocenters. The first-order valence-corrected chi connectivity index (χ1v) is 7.03. The highest BCUT2D eigenvalue weighted by atomic mass is 16.5. The number of Topliss-reactive ketones (excluding diaryl/α,β-unsaturated/α-hetero) is 1. The number of methoxy groups -OCH3 is 1. The van der Waals surface area contributed by atoms with E-state index >= 15 is 0 Å². The van der Waals surface area contributed by atoms with Crippen LogP contribution in [0.2, 0.25) is 0 Å². The lowest BCUT2D eigenvalue weighted by Gasteiger charge is -2.12. The number of carbonyl (C=O) groups is 1. The summed E-state index contributed by atoms with van der Waals surface area (Å²) in [5.41, 5.74) is 1.39. The van der Waals surface area contributed by atoms with Gasteiger partial charge in [-0.3, -0.25) is 4.79 Å². The van der Waals surface area contributed by atoms with Crippen LogP contribution in [-0.2, 0) is 5.41 Å². The van der Waals surface area contributed by atoms with Crippen molar-refractivity contribution in [3.05, 3.63) is 59.7 Å². The summed E-state index contributed by atoms with van der Waals surface area (Å²) < 4.78 is 5.13. The lowest BCUT2D eigenvalue weighted by molar-refractivity contribution is 0.0956. The second-order valence-corrected chi connectivity index (χ2v) is 5.79. The number of phenolic OH excluding ortho intramolecular Hbond substituents is 1. The van der Waals surface area contributed by atoms with Gasteiger partial charge in [-0.15, -0.1) is 0 Å². The van der Waals surface area contributed by atoms with Gasteiger partial charge in [-0.25, -0.2) is 0 Å². The molecule has 2 atom stereocenters. The van der Waals surface area contributed by atoms with E-state index in [2.05, 4.69) is 19.1 Å². The number of rotatable bonds is 4. The quantitative estimate of drug-likeness (QED) is 0.872. The standard InChI is InChI=1S/C18H18O3/c1-18(12-6-4-3-5-7-12)11-15(18)17(20)14-10-13(21-2)8-9-16(14)19/h3-10,15,19H,11H2,1-2H3/t15-,18-/m1/s1. The van der Waals surface area contributed by atoms with Gasteiger partial charge in [-0.2, -0.15) is 0 Å². The molecule has 0 aliphatic heterocycles. The molecule has 2 aromatic rings. The van der Waals surface area contributed by atoms with Crippen molar-refractivity contribution in [1.82, 2.24) is 0 Å². The van der Waals surface area contributed by atoms with Crippen LogP contribution in [0.3, 0.4) is 0 Å². The number of hydrogen-bond acceptors (Lipinski definition) is 3. The minimum absolute atomic E-state index is 0.0160. The summed E-state index contributed by atoms with van der Waals surface area (Å²) in [5.74, 6) is 0.497. The van der Waals surface area contributed by atoms with Gasteiger partial charge in [-0.1, -0.05) is 37.3 Å². The Morgan fingerprint density at radius 2 is 1.95 bits per heavy atom. The Morgan fingerprint density at radius 3 is 2.62 bits per heavy atom. The number of ketones is 1. The van der Waals surface area contributed by atoms with E-state index in [1.54, 1.807) is 19.2 Å². The van der Waals surface area contributed by atoms with Crippen molar-refractivity contribution >= 4 is 5.78 Å².